The van der Waals surface area contributed by atoms with E-state index in [4.69, 9.17) is 52.6 Å². The van der Waals surface area contributed by atoms with Crippen LogP contribution in [0.15, 0.2) is 234 Å². The lowest BCUT2D eigenvalue weighted by atomic mass is 9.68. The number of nitriles is 1. The van der Waals surface area contributed by atoms with E-state index in [9.17, 15) is 33.6 Å². The molecule has 0 saturated carbocycles. The molecule has 6 aromatic carbocycles. The number of benzene rings is 6. The van der Waals surface area contributed by atoms with E-state index in [0.717, 1.165) is 71.2 Å². The molecule has 100 heavy (non-hydrogen) atoms. The van der Waals surface area contributed by atoms with Crippen molar-refractivity contribution < 1.29 is 90.4 Å². The van der Waals surface area contributed by atoms with E-state index >= 15 is 0 Å². The summed E-state index contributed by atoms with van der Waals surface area (Å²) >= 11 is 0. The average Bonchev–Trinajstić information content (AvgIpc) is 1.53. The van der Waals surface area contributed by atoms with Crippen LogP contribution in [0.4, 0.5) is 0 Å². The predicted molar refractivity (Wildman–Crippen MR) is 381 cm³/mol. The summed E-state index contributed by atoms with van der Waals surface area (Å²) in [6.07, 6.45) is 7.95. The molecule has 1 saturated heterocycles. The highest BCUT2D eigenvalue weighted by Crippen LogP contribution is 2.56. The summed E-state index contributed by atoms with van der Waals surface area (Å²) in [5, 5.41) is 8.79. The first kappa shape index (κ1) is 82.8. The van der Waals surface area contributed by atoms with Crippen LogP contribution in [0.1, 0.15) is 69.9 Å². The average molecular weight is 1370 g/mol. The van der Waals surface area contributed by atoms with Gasteiger partial charge >= 0.3 is 41.8 Å². The van der Waals surface area contributed by atoms with Gasteiger partial charge in [-0.3, -0.25) is 0 Å². The molecule has 8 rings (SSSR count). The number of rotatable bonds is 31. The second-order valence-electron chi connectivity index (χ2n) is 21.9. The molecular weight excluding hydrogens is 1280 g/mol. The number of nitrogens with zero attached hydrogens (tertiary/aromatic N) is 1. The number of ether oxygens (including phenoxy) is 12. The van der Waals surface area contributed by atoms with Crippen molar-refractivity contribution in [3.63, 3.8) is 0 Å². The van der Waals surface area contributed by atoms with Gasteiger partial charge in [-0.2, -0.15) is 5.26 Å². The second kappa shape index (κ2) is 43.0. The first-order valence-electron chi connectivity index (χ1n) is 31.0. The van der Waals surface area contributed by atoms with Crippen molar-refractivity contribution >= 4 is 41.8 Å². The van der Waals surface area contributed by atoms with Crippen molar-refractivity contribution in [2.24, 2.45) is 10.8 Å². The van der Waals surface area contributed by atoms with Gasteiger partial charge in [0.2, 0.25) is 0 Å². The van der Waals surface area contributed by atoms with Crippen molar-refractivity contribution in [2.75, 3.05) is 79.3 Å². The number of carbonyl (C=O) groups excluding carboxylic acids is 7. The molecular formula is C80H89NO19. The van der Waals surface area contributed by atoms with Crippen LogP contribution in [0, 0.1) is 22.2 Å². The fraction of sp³-hybridized carbons (Fsp3) is 0.275. The topological polar surface area (TPSA) is 254 Å². The van der Waals surface area contributed by atoms with Gasteiger partial charge in [-0.15, -0.1) is 0 Å². The molecule has 1 fully saturated rings. The third-order valence-corrected chi connectivity index (χ3v) is 14.8. The second-order valence-corrected chi connectivity index (χ2v) is 21.9. The zero-order chi connectivity index (χ0) is 71.4. The van der Waals surface area contributed by atoms with Gasteiger partial charge in [0.1, 0.15) is 83.3 Å². The van der Waals surface area contributed by atoms with Crippen LogP contribution in [0.5, 0.6) is 17.2 Å². The smallest absolute Gasteiger partial charge is 0.330 e. The van der Waals surface area contributed by atoms with Crippen molar-refractivity contribution in [1.29, 1.82) is 5.26 Å². The zero-order valence-electron chi connectivity index (χ0n) is 55.3. The molecule has 528 valence electrons. The first-order valence-corrected chi connectivity index (χ1v) is 31.0. The Morgan fingerprint density at radius 2 is 0.760 bits per heavy atom. The Balaban J connectivity index is 0.000000378. The van der Waals surface area contributed by atoms with Crippen molar-refractivity contribution in [2.45, 2.75) is 53.8 Å². The Labute approximate surface area is 586 Å². The van der Waals surface area contributed by atoms with Gasteiger partial charge < -0.3 is 56.8 Å². The monoisotopic (exact) mass is 1370 g/mol. The Morgan fingerprint density at radius 1 is 0.450 bits per heavy atom. The summed E-state index contributed by atoms with van der Waals surface area (Å²) in [4.78, 5) is 76.7. The van der Waals surface area contributed by atoms with Gasteiger partial charge in [-0.05, 0) is 99.5 Å². The minimum absolute atomic E-state index is 0. The summed E-state index contributed by atoms with van der Waals surface area (Å²) in [6.45, 7) is 31.5. The molecule has 0 radical (unpaired) electrons. The molecule has 1 aliphatic carbocycles. The van der Waals surface area contributed by atoms with E-state index < -0.39 is 58.9 Å². The van der Waals surface area contributed by atoms with Crippen LogP contribution in [-0.2, 0) is 81.6 Å². The van der Waals surface area contributed by atoms with Crippen molar-refractivity contribution in [3.8, 4) is 45.6 Å². The number of hydrogen-bond donors (Lipinski definition) is 0. The Morgan fingerprint density at radius 3 is 1.10 bits per heavy atom. The molecule has 1 aliphatic heterocycles. The third kappa shape index (κ3) is 24.9. The standard InChI is InChI=1S/C35H30O6.C18H15NO3.C17H26O6.C8H10O4.2CH4/c1-3-33(36)40-23-21-38-27-17-13-25(14-18-27)35(26-15-19-28(20-16-26)39-22-24-41-34(37)4-2)31-11-7-5-9-29(31)30-10-6-8-12-32(30)35;1-2-18(20)22-12-11-21-17-9-7-16(8-10-17)15-5-3-14(13-19)4-6-15;1-6-13(18)20-9-16(4,5)15-22-11-17(8-3,12-23-15)10-21-14(19)7-2;1-3-7(9)11-5-6-12-8(10)4-2;;/h3-20H,1-2,21-24H2;2-10H,1,11-12H2;6-7,15H,1-2,8-12H2,3-5H3;3-4H,1-2,5-6H2;2*1H4. The van der Waals surface area contributed by atoms with Gasteiger partial charge in [0.15, 0.2) is 6.29 Å². The normalized spacial score (nSPS) is 13.8. The highest BCUT2D eigenvalue weighted by atomic mass is 16.7. The molecule has 0 atom stereocenters. The lowest BCUT2D eigenvalue weighted by Crippen LogP contribution is -2.50. The maximum Gasteiger partial charge on any atom is 0.330 e. The van der Waals surface area contributed by atoms with Gasteiger partial charge in [0, 0.05) is 47.9 Å². The van der Waals surface area contributed by atoms with E-state index in [1.807, 2.05) is 81.4 Å². The molecule has 0 unspecified atom stereocenters. The van der Waals surface area contributed by atoms with Crippen molar-refractivity contribution in [1.82, 2.24) is 0 Å². The highest BCUT2D eigenvalue weighted by Gasteiger charge is 2.46. The van der Waals surface area contributed by atoms with Gasteiger partial charge in [0.05, 0.1) is 35.7 Å². The van der Waals surface area contributed by atoms with Crippen LogP contribution < -0.4 is 14.2 Å². The molecule has 1 heterocycles. The minimum atomic E-state index is -0.566. The summed E-state index contributed by atoms with van der Waals surface area (Å²) in [5.74, 6) is -1.36. The molecule has 20 nitrogen and oxygen atoms in total. The summed E-state index contributed by atoms with van der Waals surface area (Å²) in [7, 11) is 0. The number of esters is 7. The van der Waals surface area contributed by atoms with E-state index in [2.05, 4.69) is 134 Å². The first-order chi connectivity index (χ1) is 47.3. The van der Waals surface area contributed by atoms with Gasteiger partial charge in [0.25, 0.3) is 0 Å². The number of hydrogen-bond acceptors (Lipinski definition) is 20. The fourth-order valence-electron chi connectivity index (χ4n) is 9.69. The van der Waals surface area contributed by atoms with E-state index in [-0.39, 0.29) is 86.3 Å². The SMILES string of the molecule is C.C.C=CC(=O)OCC1(CC)COC(C(C)(C)COC(=O)C=C)OC1.C=CC(=O)OCCOC(=O)C=C.C=CC(=O)OCCOc1ccc(-c2ccc(C#N)cc2)cc1.C=CC(=O)OCCOc1ccc(C2(c3ccc(OCCOC(=O)C=C)cc3)c3ccccc3-c3ccccc32)cc1. The highest BCUT2D eigenvalue weighted by molar-refractivity contribution is 5.87. The third-order valence-electron chi connectivity index (χ3n) is 14.8. The minimum Gasteiger partial charge on any atom is -0.490 e. The van der Waals surface area contributed by atoms with Crippen LogP contribution >= 0.6 is 0 Å². The summed E-state index contributed by atoms with van der Waals surface area (Å²) < 4.78 is 62.9. The molecule has 2 aliphatic rings. The largest absolute Gasteiger partial charge is 0.490 e. The Kier molecular flexibility index (Phi) is 35.6. The summed E-state index contributed by atoms with van der Waals surface area (Å²) in [5.41, 5.74) is 8.21. The van der Waals surface area contributed by atoms with Gasteiger partial charge in [-0.1, -0.05) is 179 Å². The molecule has 0 bridgehead atoms. The lowest BCUT2D eigenvalue weighted by molar-refractivity contribution is -0.280. The van der Waals surface area contributed by atoms with Crippen molar-refractivity contribution in [3.05, 3.63) is 262 Å². The molecule has 6 aromatic rings. The van der Waals surface area contributed by atoms with Crippen LogP contribution in [-0.4, -0.2) is 127 Å². The maximum atomic E-state index is 11.3. The predicted octanol–water partition coefficient (Wildman–Crippen LogP) is 13.6. The quantitative estimate of drug-likeness (QED) is 0.0169. The van der Waals surface area contributed by atoms with Gasteiger partial charge in [-0.25, -0.2) is 33.6 Å². The molecule has 0 N–H and O–H groups in total. The zero-order valence-corrected chi connectivity index (χ0v) is 55.3. The van der Waals surface area contributed by atoms with Crippen LogP contribution in [0.2, 0.25) is 0 Å². The summed E-state index contributed by atoms with van der Waals surface area (Å²) in [6, 6.07) is 50.1. The molecule has 0 spiro atoms. The molecule has 0 aromatic heterocycles. The lowest BCUT2D eigenvalue weighted by Gasteiger charge is -2.43. The number of fused-ring (bicyclic) bond motifs is 3. The molecule has 0 amide bonds. The van der Waals surface area contributed by atoms with Crippen LogP contribution in [0.25, 0.3) is 22.3 Å². The van der Waals surface area contributed by atoms with Crippen LogP contribution in [0.3, 0.4) is 0 Å². The Hall–Kier alpha value is -11.4. The fourth-order valence-corrected chi connectivity index (χ4v) is 9.69. The van der Waals surface area contributed by atoms with E-state index in [1.165, 1.54) is 22.3 Å². The number of carbonyl (C=O) groups is 7. The van der Waals surface area contributed by atoms with E-state index in [1.54, 1.807) is 12.1 Å². The van der Waals surface area contributed by atoms with E-state index in [0.29, 0.717) is 36.0 Å². The molecule has 20 heteroatoms. The maximum absolute atomic E-state index is 11.3. The Bertz CT molecular complexity index is 3600.